The molecule has 1 saturated heterocycles. The molecule has 1 fully saturated rings. The lowest BCUT2D eigenvalue weighted by molar-refractivity contribution is -0.118. The van der Waals surface area contributed by atoms with Crippen LogP contribution in [0.1, 0.15) is 20.0 Å². The smallest absolute Gasteiger partial charge is 0.265 e. The Morgan fingerprint density at radius 1 is 0.818 bits per heavy atom. The maximum Gasteiger partial charge on any atom is 0.265 e. The predicted octanol–water partition coefficient (Wildman–Crippen LogP) is 3.52. The van der Waals surface area contributed by atoms with Crippen molar-refractivity contribution in [2.24, 2.45) is 0 Å². The van der Waals surface area contributed by atoms with Crippen LogP contribution in [0.2, 0.25) is 0 Å². The number of carbonyl (C=O) groups is 3. The molecule has 1 aliphatic heterocycles. The van der Waals surface area contributed by atoms with Gasteiger partial charge in [-0.05, 0) is 53.9 Å². The minimum absolute atomic E-state index is 0.0879. The highest BCUT2D eigenvalue weighted by Gasteiger charge is 2.14. The van der Waals surface area contributed by atoms with Gasteiger partial charge in [-0.3, -0.25) is 19.3 Å². The third kappa shape index (κ3) is 6.48. The Bertz CT molecular complexity index is 1110. The van der Waals surface area contributed by atoms with Crippen LogP contribution in [0.25, 0.3) is 0 Å². The van der Waals surface area contributed by atoms with Crippen molar-refractivity contribution in [3.63, 3.8) is 0 Å². The largest absolute Gasteiger partial charge is 0.379 e. The molecule has 0 aliphatic carbocycles. The summed E-state index contributed by atoms with van der Waals surface area (Å²) in [6, 6.07) is 17.2. The molecule has 0 atom stereocenters. The number of thiophene rings is 1. The number of nitrogens with zero attached hydrogens (tertiary/aromatic N) is 1. The fourth-order valence-electron chi connectivity index (χ4n) is 3.34. The minimum Gasteiger partial charge on any atom is -0.379 e. The SMILES string of the molecule is O=C(CN1CCOCC1)Nc1ccc(NC(=O)c2cccc(NC(=O)c3cccs3)c2)cc1. The Balaban J connectivity index is 1.31. The van der Waals surface area contributed by atoms with Crippen LogP contribution in [-0.4, -0.2) is 55.5 Å². The number of carbonyl (C=O) groups excluding carboxylic acids is 3. The molecule has 3 amide bonds. The average Bonchev–Trinajstić information content (AvgIpc) is 3.36. The Labute approximate surface area is 195 Å². The molecular weight excluding hydrogens is 440 g/mol. The van der Waals surface area contributed by atoms with Crippen LogP contribution in [0.5, 0.6) is 0 Å². The minimum atomic E-state index is -0.300. The zero-order chi connectivity index (χ0) is 23.0. The summed E-state index contributed by atoms with van der Waals surface area (Å²) in [5.74, 6) is -0.602. The van der Waals surface area contributed by atoms with E-state index in [0.717, 1.165) is 13.1 Å². The topological polar surface area (TPSA) is 99.8 Å². The van der Waals surface area contributed by atoms with E-state index in [-0.39, 0.29) is 17.7 Å². The third-order valence-corrected chi connectivity index (χ3v) is 5.89. The lowest BCUT2D eigenvalue weighted by Gasteiger charge is -2.25. The van der Waals surface area contributed by atoms with Gasteiger partial charge >= 0.3 is 0 Å². The highest BCUT2D eigenvalue weighted by atomic mass is 32.1. The molecule has 2 aromatic carbocycles. The summed E-state index contributed by atoms with van der Waals surface area (Å²) in [7, 11) is 0. The van der Waals surface area contributed by atoms with Crippen LogP contribution in [0.3, 0.4) is 0 Å². The molecule has 1 aliphatic rings. The molecule has 0 spiro atoms. The van der Waals surface area contributed by atoms with Gasteiger partial charge in [0.2, 0.25) is 5.91 Å². The van der Waals surface area contributed by atoms with Crippen molar-refractivity contribution in [3.8, 4) is 0 Å². The van der Waals surface area contributed by atoms with E-state index < -0.39 is 0 Å². The van der Waals surface area contributed by atoms with Gasteiger partial charge in [-0.1, -0.05) is 12.1 Å². The number of anilines is 3. The monoisotopic (exact) mass is 464 g/mol. The summed E-state index contributed by atoms with van der Waals surface area (Å²) in [6.45, 7) is 3.10. The first-order valence-corrected chi connectivity index (χ1v) is 11.4. The van der Waals surface area contributed by atoms with E-state index in [0.29, 0.717) is 47.3 Å². The van der Waals surface area contributed by atoms with Gasteiger partial charge in [0.15, 0.2) is 0 Å². The molecule has 4 rings (SSSR count). The Hall–Kier alpha value is -3.53. The number of amides is 3. The van der Waals surface area contributed by atoms with Crippen molar-refractivity contribution in [2.75, 3.05) is 48.8 Å². The van der Waals surface area contributed by atoms with E-state index in [2.05, 4.69) is 16.0 Å². The maximum atomic E-state index is 12.7. The van der Waals surface area contributed by atoms with Gasteiger partial charge in [-0.2, -0.15) is 0 Å². The highest BCUT2D eigenvalue weighted by molar-refractivity contribution is 7.12. The first kappa shape index (κ1) is 22.7. The number of benzene rings is 2. The van der Waals surface area contributed by atoms with E-state index in [9.17, 15) is 14.4 Å². The Morgan fingerprint density at radius 2 is 1.52 bits per heavy atom. The number of nitrogens with one attached hydrogen (secondary N) is 3. The average molecular weight is 465 g/mol. The molecule has 9 heteroatoms. The second-order valence-electron chi connectivity index (χ2n) is 7.48. The normalized spacial score (nSPS) is 13.8. The molecule has 0 saturated carbocycles. The number of hydrogen-bond acceptors (Lipinski definition) is 6. The van der Waals surface area contributed by atoms with Gasteiger partial charge in [0.05, 0.1) is 24.6 Å². The molecule has 33 heavy (non-hydrogen) atoms. The van der Waals surface area contributed by atoms with E-state index in [4.69, 9.17) is 4.74 Å². The van der Waals surface area contributed by atoms with Crippen LogP contribution in [0.4, 0.5) is 17.1 Å². The first-order valence-electron chi connectivity index (χ1n) is 10.5. The molecule has 1 aromatic heterocycles. The van der Waals surface area contributed by atoms with Crippen molar-refractivity contribution >= 4 is 46.1 Å². The van der Waals surface area contributed by atoms with Gasteiger partial charge in [0.1, 0.15) is 0 Å². The second-order valence-corrected chi connectivity index (χ2v) is 8.43. The molecule has 0 unspecified atom stereocenters. The van der Waals surface area contributed by atoms with Gasteiger partial charge in [-0.15, -0.1) is 11.3 Å². The van der Waals surface area contributed by atoms with Crippen LogP contribution in [0, 0.1) is 0 Å². The third-order valence-electron chi connectivity index (χ3n) is 5.03. The van der Waals surface area contributed by atoms with Gasteiger partial charge < -0.3 is 20.7 Å². The second kappa shape index (κ2) is 10.9. The summed E-state index contributed by atoms with van der Waals surface area (Å²) in [5, 5.41) is 10.3. The van der Waals surface area contributed by atoms with E-state index in [1.807, 2.05) is 16.3 Å². The van der Waals surface area contributed by atoms with Crippen molar-refractivity contribution in [1.29, 1.82) is 0 Å². The van der Waals surface area contributed by atoms with Crippen LogP contribution in [0.15, 0.2) is 66.0 Å². The fourth-order valence-corrected chi connectivity index (χ4v) is 3.96. The van der Waals surface area contributed by atoms with E-state index in [1.165, 1.54) is 11.3 Å². The number of ether oxygens (including phenoxy) is 1. The molecule has 0 radical (unpaired) electrons. The van der Waals surface area contributed by atoms with Crippen LogP contribution >= 0.6 is 11.3 Å². The molecular formula is C24H24N4O4S. The lowest BCUT2D eigenvalue weighted by atomic mass is 10.1. The quantitative estimate of drug-likeness (QED) is 0.497. The Kier molecular flexibility index (Phi) is 7.46. The standard InChI is InChI=1S/C24H24N4O4S/c29-22(16-28-10-12-32-13-11-28)25-18-6-8-19(9-7-18)26-23(30)17-3-1-4-20(15-17)27-24(31)21-5-2-14-33-21/h1-9,14-15H,10-13,16H2,(H,25,29)(H,26,30)(H,27,31). The van der Waals surface area contributed by atoms with Crippen molar-refractivity contribution in [2.45, 2.75) is 0 Å². The molecule has 3 N–H and O–H groups in total. The summed E-state index contributed by atoms with van der Waals surface area (Å²) >= 11 is 1.35. The lowest BCUT2D eigenvalue weighted by Crippen LogP contribution is -2.41. The summed E-state index contributed by atoms with van der Waals surface area (Å²) in [5.41, 5.74) is 2.21. The Morgan fingerprint density at radius 3 is 2.21 bits per heavy atom. The summed E-state index contributed by atoms with van der Waals surface area (Å²) in [6.07, 6.45) is 0. The number of hydrogen-bond donors (Lipinski definition) is 3. The fraction of sp³-hybridized carbons (Fsp3) is 0.208. The van der Waals surface area contributed by atoms with Gasteiger partial charge in [0.25, 0.3) is 11.8 Å². The molecule has 8 nitrogen and oxygen atoms in total. The van der Waals surface area contributed by atoms with E-state index >= 15 is 0 Å². The summed E-state index contributed by atoms with van der Waals surface area (Å²) < 4.78 is 5.29. The van der Waals surface area contributed by atoms with Crippen molar-refractivity contribution in [1.82, 2.24) is 4.90 Å². The molecule has 0 bridgehead atoms. The maximum absolute atomic E-state index is 12.7. The predicted molar refractivity (Wildman–Crippen MR) is 129 cm³/mol. The first-order chi connectivity index (χ1) is 16.1. The number of rotatable bonds is 7. The highest BCUT2D eigenvalue weighted by Crippen LogP contribution is 2.18. The van der Waals surface area contributed by atoms with Gasteiger partial charge in [-0.25, -0.2) is 0 Å². The van der Waals surface area contributed by atoms with Crippen LogP contribution < -0.4 is 16.0 Å². The number of morpholine rings is 1. The van der Waals surface area contributed by atoms with Crippen LogP contribution in [-0.2, 0) is 9.53 Å². The zero-order valence-corrected chi connectivity index (χ0v) is 18.7. The molecule has 170 valence electrons. The zero-order valence-electron chi connectivity index (χ0n) is 17.9. The van der Waals surface area contributed by atoms with Crippen molar-refractivity contribution in [3.05, 3.63) is 76.5 Å². The molecule has 2 heterocycles. The summed E-state index contributed by atoms with van der Waals surface area (Å²) in [4.78, 5) is 39.7. The molecule has 3 aromatic rings. The van der Waals surface area contributed by atoms with Crippen molar-refractivity contribution < 1.29 is 19.1 Å². The van der Waals surface area contributed by atoms with Gasteiger partial charge in [0, 0.05) is 35.7 Å². The van der Waals surface area contributed by atoms with E-state index in [1.54, 1.807) is 54.6 Å².